The molecule has 6 nitrogen and oxygen atoms in total. The number of pyridine rings is 1. The summed E-state index contributed by atoms with van der Waals surface area (Å²) in [5, 5.41) is 16.1. The number of anilines is 1. The summed E-state index contributed by atoms with van der Waals surface area (Å²) in [4.78, 5) is 18.2. The van der Waals surface area contributed by atoms with Gasteiger partial charge in [0, 0.05) is 41.2 Å². The molecule has 0 bridgehead atoms. The van der Waals surface area contributed by atoms with Gasteiger partial charge in [-0.05, 0) is 105 Å². The van der Waals surface area contributed by atoms with Crippen molar-refractivity contribution in [3.8, 4) is 11.3 Å². The van der Waals surface area contributed by atoms with Crippen LogP contribution in [0.4, 0.5) is 5.69 Å². The second kappa shape index (κ2) is 9.78. The zero-order chi connectivity index (χ0) is 27.6. The van der Waals surface area contributed by atoms with Crippen molar-refractivity contribution >= 4 is 45.8 Å². The molecule has 3 aliphatic rings. The van der Waals surface area contributed by atoms with Crippen molar-refractivity contribution in [3.63, 3.8) is 0 Å². The molecule has 206 valence electrons. The fourth-order valence-corrected chi connectivity index (χ4v) is 7.62. The first-order valence-electron chi connectivity index (χ1n) is 14.1. The van der Waals surface area contributed by atoms with Gasteiger partial charge < -0.3 is 14.5 Å². The summed E-state index contributed by atoms with van der Waals surface area (Å²) < 4.78 is 5.90. The lowest BCUT2D eigenvalue weighted by atomic mass is 9.56. The molecule has 8 heteroatoms. The molecule has 3 heterocycles. The van der Waals surface area contributed by atoms with Gasteiger partial charge in [0.05, 0.1) is 15.6 Å². The maximum absolute atomic E-state index is 11.4. The quantitative estimate of drug-likeness (QED) is 0.249. The number of carboxylic acids is 1. The number of nitrogens with zero attached hydrogens (tertiary/aromatic N) is 3. The highest BCUT2D eigenvalue weighted by Crippen LogP contribution is 2.55. The summed E-state index contributed by atoms with van der Waals surface area (Å²) >= 11 is 13.1. The Labute approximate surface area is 243 Å². The minimum atomic E-state index is -0.995. The third kappa shape index (κ3) is 4.55. The van der Waals surface area contributed by atoms with Crippen LogP contribution in [-0.2, 0) is 6.42 Å². The molecule has 0 unspecified atom stereocenters. The van der Waals surface area contributed by atoms with Crippen molar-refractivity contribution in [1.29, 1.82) is 0 Å². The van der Waals surface area contributed by atoms with Crippen LogP contribution in [0.3, 0.4) is 0 Å². The fourth-order valence-electron chi connectivity index (χ4n) is 7.04. The summed E-state index contributed by atoms with van der Waals surface area (Å²) in [5.74, 6) is 1.14. The Morgan fingerprint density at radius 1 is 1.10 bits per heavy atom. The predicted molar refractivity (Wildman–Crippen MR) is 158 cm³/mol. The summed E-state index contributed by atoms with van der Waals surface area (Å²) in [6.07, 6.45) is 8.10. The summed E-state index contributed by atoms with van der Waals surface area (Å²) in [6.45, 7) is 4.01. The molecule has 2 aliphatic carbocycles. The van der Waals surface area contributed by atoms with E-state index in [0.29, 0.717) is 27.3 Å². The van der Waals surface area contributed by atoms with Crippen LogP contribution in [0.2, 0.25) is 10.0 Å². The lowest BCUT2D eigenvalue weighted by Gasteiger charge is -2.53. The van der Waals surface area contributed by atoms with Crippen LogP contribution in [-0.4, -0.2) is 34.3 Å². The number of aryl methyl sites for hydroxylation is 1. The second-order valence-electron chi connectivity index (χ2n) is 12.0. The van der Waals surface area contributed by atoms with E-state index in [2.05, 4.69) is 27.2 Å². The predicted octanol–water partition coefficient (Wildman–Crippen LogP) is 8.32. The molecule has 40 heavy (non-hydrogen) atoms. The number of halogens is 2. The number of carbonyl (C=O) groups is 1. The minimum Gasteiger partial charge on any atom is -0.477 e. The third-order valence-corrected chi connectivity index (χ3v) is 9.94. The monoisotopic (exact) mass is 575 g/mol. The van der Waals surface area contributed by atoms with Gasteiger partial charge in [-0.25, -0.2) is 9.78 Å². The molecule has 3 fully saturated rings. The first-order chi connectivity index (χ1) is 19.3. The number of aromatic nitrogens is 2. The molecular weight excluding hydrogens is 545 g/mol. The molecule has 0 amide bonds. The Morgan fingerprint density at radius 2 is 1.82 bits per heavy atom. The first-order valence-corrected chi connectivity index (χ1v) is 14.9. The van der Waals surface area contributed by atoms with E-state index in [1.54, 1.807) is 6.07 Å². The van der Waals surface area contributed by atoms with Crippen LogP contribution in [0.25, 0.3) is 22.2 Å². The molecule has 1 N–H and O–H groups in total. The molecule has 1 aliphatic heterocycles. The second-order valence-corrected chi connectivity index (χ2v) is 12.9. The van der Waals surface area contributed by atoms with Crippen LogP contribution < -0.4 is 4.90 Å². The molecule has 4 aromatic rings. The zero-order valence-corrected chi connectivity index (χ0v) is 23.9. The van der Waals surface area contributed by atoms with Crippen LogP contribution in [0.15, 0.2) is 47.0 Å². The molecule has 2 saturated carbocycles. The Hall–Kier alpha value is -3.09. The lowest BCUT2D eigenvalue weighted by Crippen LogP contribution is -2.47. The van der Waals surface area contributed by atoms with Crippen molar-refractivity contribution in [3.05, 3.63) is 75.1 Å². The Balaban J connectivity index is 1.04. The Bertz CT molecular complexity index is 1610. The highest BCUT2D eigenvalue weighted by molar-refractivity contribution is 6.39. The number of benzene rings is 2. The molecule has 2 aromatic carbocycles. The van der Waals surface area contributed by atoms with E-state index >= 15 is 0 Å². The van der Waals surface area contributed by atoms with Gasteiger partial charge in [0.25, 0.3) is 0 Å². The molecule has 2 aromatic heterocycles. The van der Waals surface area contributed by atoms with Crippen molar-refractivity contribution in [2.45, 2.75) is 57.8 Å². The normalized spacial score (nSPS) is 18.8. The van der Waals surface area contributed by atoms with E-state index in [1.165, 1.54) is 36.9 Å². The maximum Gasteiger partial charge on any atom is 0.354 e. The molecular formula is C32H31Cl2N3O3. The first kappa shape index (κ1) is 25.8. The maximum atomic E-state index is 11.4. The van der Waals surface area contributed by atoms with Crippen LogP contribution >= 0.6 is 23.2 Å². The molecule has 0 atom stereocenters. The standard InChI is InChI=1S/C32H31Cl2N3O3/c1-18-13-27(31(38)39)35-26-8-7-21(15-22(18)26)37-11-9-32(10-12-37)16-19(17-32)14-23-29(36-40-30(23)20-5-6-20)28-24(33)3-2-4-25(28)34/h2-4,7-8,13,15,19-20H,5-6,9-12,14,16-17H2,1H3,(H,38,39). The topological polar surface area (TPSA) is 79.5 Å². The lowest BCUT2D eigenvalue weighted by molar-refractivity contribution is 0.0282. The van der Waals surface area contributed by atoms with Crippen molar-refractivity contribution in [2.24, 2.45) is 11.3 Å². The largest absolute Gasteiger partial charge is 0.477 e. The van der Waals surface area contributed by atoms with Crippen LogP contribution in [0.1, 0.15) is 71.8 Å². The van der Waals surface area contributed by atoms with Crippen molar-refractivity contribution in [2.75, 3.05) is 18.0 Å². The van der Waals surface area contributed by atoms with E-state index in [1.807, 2.05) is 31.2 Å². The van der Waals surface area contributed by atoms with Crippen molar-refractivity contribution in [1.82, 2.24) is 10.1 Å². The summed E-state index contributed by atoms with van der Waals surface area (Å²) in [6, 6.07) is 13.4. The molecule has 7 rings (SSSR count). The minimum absolute atomic E-state index is 0.0924. The Kier molecular flexibility index (Phi) is 6.32. The smallest absolute Gasteiger partial charge is 0.354 e. The summed E-state index contributed by atoms with van der Waals surface area (Å²) in [5.41, 5.74) is 6.18. The highest BCUT2D eigenvalue weighted by atomic mass is 35.5. The number of rotatable bonds is 6. The van der Waals surface area contributed by atoms with E-state index in [4.69, 9.17) is 27.7 Å². The average Bonchev–Trinajstić information content (AvgIpc) is 3.69. The van der Waals surface area contributed by atoms with Gasteiger partial charge in [0.2, 0.25) is 0 Å². The number of hydrogen-bond donors (Lipinski definition) is 1. The molecule has 1 saturated heterocycles. The van der Waals surface area contributed by atoms with E-state index < -0.39 is 5.97 Å². The van der Waals surface area contributed by atoms with Gasteiger partial charge in [-0.1, -0.05) is 34.4 Å². The Morgan fingerprint density at radius 3 is 2.50 bits per heavy atom. The van der Waals surface area contributed by atoms with Gasteiger partial charge in [-0.15, -0.1) is 0 Å². The zero-order valence-electron chi connectivity index (χ0n) is 22.4. The number of fused-ring (bicyclic) bond motifs is 1. The van der Waals surface area contributed by atoms with Gasteiger partial charge in [-0.3, -0.25) is 0 Å². The SMILES string of the molecule is Cc1cc(C(=O)O)nc2ccc(N3CCC4(CC3)CC(Cc3c(-c5c(Cl)cccc5Cl)noc3C3CC3)C4)cc12. The summed E-state index contributed by atoms with van der Waals surface area (Å²) in [7, 11) is 0. The van der Waals surface area contributed by atoms with Gasteiger partial charge in [0.1, 0.15) is 17.1 Å². The number of carboxylic acid groups (broad SMARTS) is 1. The number of aromatic carboxylic acids is 1. The van der Waals surface area contributed by atoms with Crippen molar-refractivity contribution < 1.29 is 14.4 Å². The van der Waals surface area contributed by atoms with Crippen LogP contribution in [0.5, 0.6) is 0 Å². The number of piperidine rings is 1. The average molecular weight is 577 g/mol. The molecule has 1 spiro atoms. The van der Waals surface area contributed by atoms with E-state index in [9.17, 15) is 9.90 Å². The van der Waals surface area contributed by atoms with Gasteiger partial charge >= 0.3 is 5.97 Å². The van der Waals surface area contributed by atoms with E-state index in [-0.39, 0.29) is 5.69 Å². The van der Waals surface area contributed by atoms with Gasteiger partial charge in [0.15, 0.2) is 0 Å². The highest BCUT2D eigenvalue weighted by Gasteiger charge is 2.46. The third-order valence-electron chi connectivity index (χ3n) is 9.31. The van der Waals surface area contributed by atoms with E-state index in [0.717, 1.165) is 65.8 Å². The number of hydrogen-bond acceptors (Lipinski definition) is 5. The molecule has 0 radical (unpaired) electrons. The van der Waals surface area contributed by atoms with Crippen LogP contribution in [0, 0.1) is 18.3 Å². The fraction of sp³-hybridized carbons (Fsp3) is 0.406. The van der Waals surface area contributed by atoms with Gasteiger partial charge in [-0.2, -0.15) is 0 Å².